The minimum Gasteiger partial charge on any atom is -0.493 e. The quantitative estimate of drug-likeness (QED) is 0.369. The molecule has 2 aromatic carbocycles. The molecule has 0 fully saturated rings. The molecule has 2 aromatic heterocycles. The van der Waals surface area contributed by atoms with Crippen molar-refractivity contribution < 1.29 is 14.3 Å². The molecule has 0 bridgehead atoms. The fraction of sp³-hybridized carbons (Fsp3) is 0.136. The summed E-state index contributed by atoms with van der Waals surface area (Å²) in [6.45, 7) is 0. The Morgan fingerprint density at radius 1 is 0.968 bits per heavy atom. The van der Waals surface area contributed by atoms with Crippen molar-refractivity contribution in [2.24, 2.45) is 0 Å². The second-order valence-corrected chi connectivity index (χ2v) is 8.64. The first-order valence-corrected chi connectivity index (χ1v) is 11.4. The lowest BCUT2D eigenvalue weighted by Gasteiger charge is -2.08. The largest absolute Gasteiger partial charge is 0.493 e. The second kappa shape index (κ2) is 9.47. The van der Waals surface area contributed by atoms with Gasteiger partial charge in [-0.05, 0) is 30.3 Å². The molecule has 0 unspecified atom stereocenters. The number of aromatic nitrogens is 2. The summed E-state index contributed by atoms with van der Waals surface area (Å²) in [6.07, 6.45) is 0.176. The van der Waals surface area contributed by atoms with Crippen LogP contribution in [0.25, 0.3) is 21.8 Å². The fourth-order valence-electron chi connectivity index (χ4n) is 2.90. The highest BCUT2D eigenvalue weighted by Crippen LogP contribution is 2.33. The monoisotopic (exact) mass is 471 g/mol. The summed E-state index contributed by atoms with van der Waals surface area (Å²) in [5, 5.41) is 8.68. The fourth-order valence-corrected chi connectivity index (χ4v) is 4.59. The van der Waals surface area contributed by atoms with Gasteiger partial charge in [-0.25, -0.2) is 9.97 Å². The smallest absolute Gasteiger partial charge is 0.232 e. The van der Waals surface area contributed by atoms with Gasteiger partial charge >= 0.3 is 0 Å². The summed E-state index contributed by atoms with van der Waals surface area (Å²) >= 11 is 8.79. The zero-order valence-electron chi connectivity index (χ0n) is 16.7. The number of benzene rings is 2. The van der Waals surface area contributed by atoms with E-state index in [9.17, 15) is 4.79 Å². The topological polar surface area (TPSA) is 73.3 Å². The number of carbonyl (C=O) groups excluding carboxylic acids is 1. The van der Waals surface area contributed by atoms with Crippen molar-refractivity contribution in [3.8, 4) is 33.3 Å². The molecule has 31 heavy (non-hydrogen) atoms. The first-order chi connectivity index (χ1) is 15.1. The normalized spacial score (nSPS) is 10.7. The SMILES string of the molecule is COc1ccc(-c2csc(NC(=O)Cc3csc(-c4ccc(Cl)cc4)n3)n2)cc1OC. The minimum atomic E-state index is -0.166. The van der Waals surface area contributed by atoms with Crippen LogP contribution in [0.5, 0.6) is 11.5 Å². The van der Waals surface area contributed by atoms with Gasteiger partial charge in [-0.2, -0.15) is 0 Å². The maximum Gasteiger partial charge on any atom is 0.232 e. The zero-order chi connectivity index (χ0) is 21.8. The molecule has 0 radical (unpaired) electrons. The lowest BCUT2D eigenvalue weighted by atomic mass is 10.1. The first kappa shape index (κ1) is 21.3. The number of nitrogens with zero attached hydrogens (tertiary/aromatic N) is 2. The number of hydrogen-bond acceptors (Lipinski definition) is 7. The van der Waals surface area contributed by atoms with Gasteiger partial charge in [-0.1, -0.05) is 23.7 Å². The van der Waals surface area contributed by atoms with Crippen molar-refractivity contribution in [3.05, 3.63) is 63.9 Å². The molecule has 0 saturated carbocycles. The number of nitrogens with one attached hydrogen (secondary N) is 1. The highest BCUT2D eigenvalue weighted by Gasteiger charge is 2.13. The molecule has 4 aromatic rings. The Hall–Kier alpha value is -2.94. The van der Waals surface area contributed by atoms with Crippen LogP contribution >= 0.6 is 34.3 Å². The van der Waals surface area contributed by atoms with Gasteiger partial charge in [0.05, 0.1) is 32.0 Å². The molecule has 1 amide bonds. The van der Waals surface area contributed by atoms with Crippen LogP contribution < -0.4 is 14.8 Å². The van der Waals surface area contributed by atoms with Crippen LogP contribution in [0.1, 0.15) is 5.69 Å². The van der Waals surface area contributed by atoms with Crippen LogP contribution in [0.4, 0.5) is 5.13 Å². The summed E-state index contributed by atoms with van der Waals surface area (Å²) in [5.41, 5.74) is 3.31. The standard InChI is InChI=1S/C22H18ClN3O3S2/c1-28-18-8-5-14(9-19(18)29-2)17-12-31-22(25-17)26-20(27)10-16-11-30-21(24-16)13-3-6-15(23)7-4-13/h3-9,11-12H,10H2,1-2H3,(H,25,26,27). The molecule has 4 rings (SSSR count). The minimum absolute atomic E-state index is 0.166. The van der Waals surface area contributed by atoms with E-state index in [1.54, 1.807) is 14.2 Å². The third kappa shape index (κ3) is 5.04. The highest BCUT2D eigenvalue weighted by atomic mass is 35.5. The summed E-state index contributed by atoms with van der Waals surface area (Å²) in [6, 6.07) is 13.0. The Labute approximate surface area is 192 Å². The van der Waals surface area contributed by atoms with Crippen LogP contribution in [-0.4, -0.2) is 30.1 Å². The Morgan fingerprint density at radius 3 is 2.45 bits per heavy atom. The number of thiazole rings is 2. The van der Waals surface area contributed by atoms with E-state index in [1.807, 2.05) is 53.2 Å². The molecular formula is C22H18ClN3O3S2. The van der Waals surface area contributed by atoms with E-state index in [4.69, 9.17) is 21.1 Å². The van der Waals surface area contributed by atoms with Crippen LogP contribution in [0.2, 0.25) is 5.02 Å². The molecule has 0 aliphatic carbocycles. The van der Waals surface area contributed by atoms with E-state index in [2.05, 4.69) is 15.3 Å². The van der Waals surface area contributed by atoms with Gasteiger partial charge in [0.2, 0.25) is 5.91 Å². The van der Waals surface area contributed by atoms with E-state index >= 15 is 0 Å². The summed E-state index contributed by atoms with van der Waals surface area (Å²) in [4.78, 5) is 21.5. The van der Waals surface area contributed by atoms with Gasteiger partial charge in [0.1, 0.15) is 5.01 Å². The molecular weight excluding hydrogens is 454 g/mol. The summed E-state index contributed by atoms with van der Waals surface area (Å²) in [5.74, 6) is 1.11. The Kier molecular flexibility index (Phi) is 6.50. The number of methoxy groups -OCH3 is 2. The van der Waals surface area contributed by atoms with E-state index in [0.717, 1.165) is 21.8 Å². The number of amides is 1. The Balaban J connectivity index is 1.41. The average molecular weight is 472 g/mol. The predicted octanol–water partition coefficient (Wildman–Crippen LogP) is 5.79. The number of hydrogen-bond donors (Lipinski definition) is 1. The molecule has 0 atom stereocenters. The molecule has 1 N–H and O–H groups in total. The Bertz CT molecular complexity index is 1200. The number of ether oxygens (including phenoxy) is 2. The Morgan fingerprint density at radius 2 is 1.71 bits per heavy atom. The molecule has 0 saturated heterocycles. The van der Waals surface area contributed by atoms with Crippen molar-refractivity contribution in [3.63, 3.8) is 0 Å². The van der Waals surface area contributed by atoms with Gasteiger partial charge in [-0.15, -0.1) is 22.7 Å². The predicted molar refractivity (Wildman–Crippen MR) is 126 cm³/mol. The highest BCUT2D eigenvalue weighted by molar-refractivity contribution is 7.14. The van der Waals surface area contributed by atoms with E-state index in [0.29, 0.717) is 27.3 Å². The van der Waals surface area contributed by atoms with Crippen molar-refractivity contribution >= 4 is 45.3 Å². The van der Waals surface area contributed by atoms with Crippen LogP contribution in [0.3, 0.4) is 0 Å². The van der Waals surface area contributed by atoms with Gasteiger partial charge < -0.3 is 14.8 Å². The van der Waals surface area contributed by atoms with Gasteiger partial charge in [-0.3, -0.25) is 4.79 Å². The summed E-state index contributed by atoms with van der Waals surface area (Å²) in [7, 11) is 3.18. The van der Waals surface area contributed by atoms with Crippen molar-refractivity contribution in [2.75, 3.05) is 19.5 Å². The molecule has 9 heteroatoms. The van der Waals surface area contributed by atoms with Crippen molar-refractivity contribution in [2.45, 2.75) is 6.42 Å². The molecule has 6 nitrogen and oxygen atoms in total. The maximum atomic E-state index is 12.5. The third-order valence-corrected chi connectivity index (χ3v) is 6.36. The second-order valence-electron chi connectivity index (χ2n) is 6.48. The first-order valence-electron chi connectivity index (χ1n) is 9.24. The lowest BCUT2D eigenvalue weighted by Crippen LogP contribution is -2.14. The van der Waals surface area contributed by atoms with E-state index in [-0.39, 0.29) is 12.3 Å². The lowest BCUT2D eigenvalue weighted by molar-refractivity contribution is -0.115. The van der Waals surface area contributed by atoms with Crippen LogP contribution in [0, 0.1) is 0 Å². The van der Waals surface area contributed by atoms with Crippen molar-refractivity contribution in [1.29, 1.82) is 0 Å². The molecule has 2 heterocycles. The van der Waals surface area contributed by atoms with Gasteiger partial charge in [0.25, 0.3) is 0 Å². The molecule has 0 aliphatic rings. The number of rotatable bonds is 7. The third-order valence-electron chi connectivity index (χ3n) is 4.41. The number of carbonyl (C=O) groups is 1. The van der Waals surface area contributed by atoms with Crippen LogP contribution in [0.15, 0.2) is 53.2 Å². The van der Waals surface area contributed by atoms with E-state index in [1.165, 1.54) is 22.7 Å². The van der Waals surface area contributed by atoms with Crippen LogP contribution in [-0.2, 0) is 11.2 Å². The zero-order valence-corrected chi connectivity index (χ0v) is 19.1. The van der Waals surface area contributed by atoms with Gasteiger partial charge in [0, 0.05) is 26.9 Å². The number of halogens is 1. The molecule has 158 valence electrons. The van der Waals surface area contributed by atoms with E-state index < -0.39 is 0 Å². The molecule has 0 spiro atoms. The average Bonchev–Trinajstić information content (AvgIpc) is 3.43. The van der Waals surface area contributed by atoms with Gasteiger partial charge in [0.15, 0.2) is 16.6 Å². The van der Waals surface area contributed by atoms with Crippen molar-refractivity contribution in [1.82, 2.24) is 9.97 Å². The summed E-state index contributed by atoms with van der Waals surface area (Å²) < 4.78 is 10.6. The molecule has 0 aliphatic heterocycles. The maximum absolute atomic E-state index is 12.5. The number of anilines is 1.